The van der Waals surface area contributed by atoms with Crippen molar-refractivity contribution in [3.8, 4) is 11.1 Å². The topological polar surface area (TPSA) is 54.4 Å². The van der Waals surface area contributed by atoms with Gasteiger partial charge in [-0.15, -0.1) is 0 Å². The molecule has 1 atom stereocenters. The van der Waals surface area contributed by atoms with E-state index >= 15 is 0 Å². The maximum absolute atomic E-state index is 12.6. The highest BCUT2D eigenvalue weighted by molar-refractivity contribution is 6.30. The third-order valence-electron chi connectivity index (χ3n) is 3.89. The van der Waals surface area contributed by atoms with Crippen molar-refractivity contribution in [2.75, 3.05) is 0 Å². The molecule has 0 aromatic heterocycles. The van der Waals surface area contributed by atoms with Crippen molar-refractivity contribution in [2.24, 2.45) is 11.8 Å². The SMILES string of the molecule is CC(C)CC(CC(=O)O)C(=O)c1ccc(-c2ccc(Cl)cc2)cc1. The Hall–Kier alpha value is -2.13. The molecular weight excluding hydrogens is 324 g/mol. The lowest BCUT2D eigenvalue weighted by atomic mass is 9.87. The summed E-state index contributed by atoms with van der Waals surface area (Å²) in [5.41, 5.74) is 2.56. The smallest absolute Gasteiger partial charge is 0.304 e. The highest BCUT2D eigenvalue weighted by atomic mass is 35.5. The summed E-state index contributed by atoms with van der Waals surface area (Å²) in [6.45, 7) is 3.98. The van der Waals surface area contributed by atoms with Crippen LogP contribution in [0.3, 0.4) is 0 Å². The van der Waals surface area contributed by atoms with Gasteiger partial charge in [-0.05, 0) is 35.6 Å². The van der Waals surface area contributed by atoms with Gasteiger partial charge in [-0.1, -0.05) is 61.8 Å². The number of ketones is 1. The Labute approximate surface area is 147 Å². The summed E-state index contributed by atoms with van der Waals surface area (Å²) in [5.74, 6) is -1.25. The number of halogens is 1. The lowest BCUT2D eigenvalue weighted by molar-refractivity contribution is -0.137. The monoisotopic (exact) mass is 344 g/mol. The maximum Gasteiger partial charge on any atom is 0.304 e. The van der Waals surface area contributed by atoms with Gasteiger partial charge in [0, 0.05) is 16.5 Å². The molecule has 2 aromatic carbocycles. The van der Waals surface area contributed by atoms with Crippen LogP contribution in [-0.2, 0) is 4.79 Å². The largest absolute Gasteiger partial charge is 0.481 e. The van der Waals surface area contributed by atoms with Gasteiger partial charge in [0.25, 0.3) is 0 Å². The summed E-state index contributed by atoms with van der Waals surface area (Å²) in [7, 11) is 0. The van der Waals surface area contributed by atoms with Crippen molar-refractivity contribution in [3.63, 3.8) is 0 Å². The number of carboxylic acids is 1. The second-order valence-electron chi connectivity index (χ2n) is 6.37. The highest BCUT2D eigenvalue weighted by Gasteiger charge is 2.23. The summed E-state index contributed by atoms with van der Waals surface area (Å²) in [6, 6.07) is 14.8. The number of rotatable bonds is 7. The fourth-order valence-electron chi connectivity index (χ4n) is 2.77. The van der Waals surface area contributed by atoms with Crippen molar-refractivity contribution in [2.45, 2.75) is 26.7 Å². The average Bonchev–Trinajstić information content (AvgIpc) is 2.53. The van der Waals surface area contributed by atoms with E-state index in [1.54, 1.807) is 12.1 Å². The molecule has 0 heterocycles. The first-order valence-electron chi connectivity index (χ1n) is 7.99. The lowest BCUT2D eigenvalue weighted by Crippen LogP contribution is -2.20. The van der Waals surface area contributed by atoms with Crippen molar-refractivity contribution < 1.29 is 14.7 Å². The van der Waals surface area contributed by atoms with Gasteiger partial charge < -0.3 is 5.11 Å². The Morgan fingerprint density at radius 2 is 1.46 bits per heavy atom. The number of carbonyl (C=O) groups is 2. The first kappa shape index (κ1) is 18.2. The van der Waals surface area contributed by atoms with E-state index in [-0.39, 0.29) is 18.1 Å². The summed E-state index contributed by atoms with van der Waals surface area (Å²) < 4.78 is 0. The number of Topliss-reactive ketones (excluding diaryl/α,β-unsaturated/α-hetero) is 1. The molecule has 2 aromatic rings. The first-order valence-corrected chi connectivity index (χ1v) is 8.36. The molecule has 1 unspecified atom stereocenters. The molecule has 1 N–H and O–H groups in total. The Morgan fingerprint density at radius 3 is 1.92 bits per heavy atom. The molecule has 0 spiro atoms. The minimum absolute atomic E-state index is 0.103. The summed E-state index contributed by atoms with van der Waals surface area (Å²) >= 11 is 5.89. The van der Waals surface area contributed by atoms with Gasteiger partial charge in [-0.2, -0.15) is 0 Å². The Bertz CT molecular complexity index is 703. The molecule has 3 nitrogen and oxygen atoms in total. The number of hydrogen-bond acceptors (Lipinski definition) is 2. The minimum atomic E-state index is -0.938. The van der Waals surface area contributed by atoms with Gasteiger partial charge in [0.2, 0.25) is 0 Å². The van der Waals surface area contributed by atoms with Crippen molar-refractivity contribution in [1.82, 2.24) is 0 Å². The van der Waals surface area contributed by atoms with Crippen LogP contribution in [0.25, 0.3) is 11.1 Å². The Morgan fingerprint density at radius 1 is 0.958 bits per heavy atom. The molecule has 0 radical (unpaired) electrons. The van der Waals surface area contributed by atoms with Crippen LogP contribution in [-0.4, -0.2) is 16.9 Å². The van der Waals surface area contributed by atoms with Gasteiger partial charge >= 0.3 is 5.97 Å². The molecule has 24 heavy (non-hydrogen) atoms. The highest BCUT2D eigenvalue weighted by Crippen LogP contribution is 2.25. The standard InChI is InChI=1S/C20H21ClO3/c1-13(2)11-17(12-19(22)23)20(24)16-5-3-14(4-6-16)15-7-9-18(21)10-8-15/h3-10,13,17H,11-12H2,1-2H3,(H,22,23). The Balaban J connectivity index is 2.19. The van der Waals surface area contributed by atoms with Gasteiger partial charge in [-0.25, -0.2) is 0 Å². The van der Waals surface area contributed by atoms with Crippen LogP contribution in [0.2, 0.25) is 5.02 Å². The summed E-state index contributed by atoms with van der Waals surface area (Å²) in [5, 5.41) is 9.72. The van der Waals surface area contributed by atoms with E-state index in [9.17, 15) is 9.59 Å². The average molecular weight is 345 g/mol. The quantitative estimate of drug-likeness (QED) is 0.691. The predicted octanol–water partition coefficient (Wildman–Crippen LogP) is 5.33. The first-order chi connectivity index (χ1) is 11.4. The molecule has 0 saturated heterocycles. The number of benzene rings is 2. The van der Waals surface area contributed by atoms with E-state index in [1.807, 2.05) is 50.2 Å². The van der Waals surface area contributed by atoms with Crippen LogP contribution in [0.5, 0.6) is 0 Å². The van der Waals surface area contributed by atoms with Crippen molar-refractivity contribution >= 4 is 23.4 Å². The van der Waals surface area contributed by atoms with E-state index < -0.39 is 11.9 Å². The number of aliphatic carboxylic acids is 1. The molecule has 0 fully saturated rings. The molecule has 0 aliphatic heterocycles. The van der Waals surface area contributed by atoms with Crippen molar-refractivity contribution in [3.05, 3.63) is 59.1 Å². The van der Waals surface area contributed by atoms with Gasteiger partial charge in [-0.3, -0.25) is 9.59 Å². The second-order valence-corrected chi connectivity index (χ2v) is 6.81. The van der Waals surface area contributed by atoms with E-state index in [0.29, 0.717) is 17.0 Å². The van der Waals surface area contributed by atoms with Crippen LogP contribution >= 0.6 is 11.6 Å². The van der Waals surface area contributed by atoms with Gasteiger partial charge in [0.15, 0.2) is 5.78 Å². The van der Waals surface area contributed by atoms with Crippen molar-refractivity contribution in [1.29, 1.82) is 0 Å². The maximum atomic E-state index is 12.6. The zero-order chi connectivity index (χ0) is 17.7. The molecule has 0 aliphatic rings. The number of carboxylic acid groups (broad SMARTS) is 1. The minimum Gasteiger partial charge on any atom is -0.481 e. The lowest BCUT2D eigenvalue weighted by Gasteiger charge is -2.16. The molecule has 0 bridgehead atoms. The molecule has 0 amide bonds. The molecule has 0 saturated carbocycles. The van der Waals surface area contributed by atoms with Crippen LogP contribution in [0.1, 0.15) is 37.0 Å². The fraction of sp³-hybridized carbons (Fsp3) is 0.300. The van der Waals surface area contributed by atoms with Crippen LogP contribution in [0.4, 0.5) is 0 Å². The van der Waals surface area contributed by atoms with E-state index in [1.165, 1.54) is 0 Å². The molecule has 0 aliphatic carbocycles. The van der Waals surface area contributed by atoms with Crippen LogP contribution in [0, 0.1) is 11.8 Å². The Kier molecular flexibility index (Phi) is 6.16. The summed E-state index contributed by atoms with van der Waals surface area (Å²) in [6.07, 6.45) is 0.444. The van der Waals surface area contributed by atoms with Gasteiger partial charge in [0.1, 0.15) is 0 Å². The second kappa shape index (κ2) is 8.11. The van der Waals surface area contributed by atoms with Crippen LogP contribution in [0.15, 0.2) is 48.5 Å². The fourth-order valence-corrected chi connectivity index (χ4v) is 2.89. The zero-order valence-electron chi connectivity index (χ0n) is 13.8. The molecule has 126 valence electrons. The zero-order valence-corrected chi connectivity index (χ0v) is 14.6. The third-order valence-corrected chi connectivity index (χ3v) is 4.15. The normalized spacial score (nSPS) is 12.2. The van der Waals surface area contributed by atoms with Gasteiger partial charge in [0.05, 0.1) is 6.42 Å². The van der Waals surface area contributed by atoms with E-state index in [2.05, 4.69) is 0 Å². The molecule has 4 heteroatoms. The van der Waals surface area contributed by atoms with E-state index in [4.69, 9.17) is 16.7 Å². The number of carbonyl (C=O) groups excluding carboxylic acids is 1. The third kappa shape index (κ3) is 4.93. The molecular formula is C20H21ClO3. The predicted molar refractivity (Wildman–Crippen MR) is 96.4 cm³/mol. The number of hydrogen-bond donors (Lipinski definition) is 1. The van der Waals surface area contributed by atoms with E-state index in [0.717, 1.165) is 11.1 Å². The van der Waals surface area contributed by atoms with Crippen LogP contribution < -0.4 is 0 Å². The summed E-state index contributed by atoms with van der Waals surface area (Å²) in [4.78, 5) is 23.7. The molecule has 2 rings (SSSR count).